The van der Waals surface area contributed by atoms with Gasteiger partial charge in [-0.1, -0.05) is 12.8 Å². The van der Waals surface area contributed by atoms with Gasteiger partial charge in [0.2, 0.25) is 0 Å². The van der Waals surface area contributed by atoms with Crippen molar-refractivity contribution in [2.75, 3.05) is 6.54 Å². The van der Waals surface area contributed by atoms with Crippen LogP contribution >= 0.6 is 11.3 Å². The standard InChI is InChI=1S/C18H22N4OS/c1-12-15(24-17(21-12)16-19-9-5-10-20-16)18(23)22-11-4-8-14(22)13-6-2-3-7-13/h5,9-10,13-14H,2-4,6-8,11H2,1H3. The molecule has 1 saturated carbocycles. The van der Waals surface area contributed by atoms with E-state index in [4.69, 9.17) is 0 Å². The van der Waals surface area contributed by atoms with E-state index in [-0.39, 0.29) is 5.91 Å². The van der Waals surface area contributed by atoms with Crippen molar-refractivity contribution in [2.24, 2.45) is 5.92 Å². The predicted molar refractivity (Wildman–Crippen MR) is 93.9 cm³/mol. The highest BCUT2D eigenvalue weighted by atomic mass is 32.1. The van der Waals surface area contributed by atoms with Crippen molar-refractivity contribution in [1.82, 2.24) is 19.9 Å². The second-order valence-electron chi connectivity index (χ2n) is 6.76. The summed E-state index contributed by atoms with van der Waals surface area (Å²) in [6.07, 6.45) is 10.9. The van der Waals surface area contributed by atoms with Crippen molar-refractivity contribution in [1.29, 1.82) is 0 Å². The minimum atomic E-state index is 0.154. The third kappa shape index (κ3) is 2.83. The summed E-state index contributed by atoms with van der Waals surface area (Å²) in [5.74, 6) is 1.45. The molecule has 24 heavy (non-hydrogen) atoms. The molecule has 0 bridgehead atoms. The smallest absolute Gasteiger partial charge is 0.266 e. The molecular weight excluding hydrogens is 320 g/mol. The van der Waals surface area contributed by atoms with Gasteiger partial charge in [-0.05, 0) is 44.6 Å². The Morgan fingerprint density at radius 1 is 1.17 bits per heavy atom. The number of rotatable bonds is 3. The van der Waals surface area contributed by atoms with Crippen LogP contribution in [0.3, 0.4) is 0 Å². The summed E-state index contributed by atoms with van der Waals surface area (Å²) in [6.45, 7) is 2.80. The van der Waals surface area contributed by atoms with E-state index in [0.717, 1.165) is 35.0 Å². The number of thiazole rings is 1. The van der Waals surface area contributed by atoms with E-state index in [1.165, 1.54) is 37.0 Å². The fraction of sp³-hybridized carbons (Fsp3) is 0.556. The van der Waals surface area contributed by atoms with Crippen molar-refractivity contribution < 1.29 is 4.79 Å². The third-order valence-electron chi connectivity index (χ3n) is 5.25. The lowest BCUT2D eigenvalue weighted by Gasteiger charge is -2.29. The molecule has 3 heterocycles. The highest BCUT2D eigenvalue weighted by Gasteiger charge is 2.37. The van der Waals surface area contributed by atoms with Gasteiger partial charge < -0.3 is 4.90 Å². The molecule has 2 fully saturated rings. The molecule has 0 radical (unpaired) electrons. The van der Waals surface area contributed by atoms with Gasteiger partial charge in [0.05, 0.1) is 5.69 Å². The molecule has 126 valence electrons. The summed E-state index contributed by atoms with van der Waals surface area (Å²) in [5.41, 5.74) is 0.796. The number of nitrogens with zero attached hydrogens (tertiary/aromatic N) is 4. The molecule has 1 atom stereocenters. The van der Waals surface area contributed by atoms with Crippen LogP contribution in [0.1, 0.15) is 53.9 Å². The summed E-state index contributed by atoms with van der Waals surface area (Å²) in [5, 5.41) is 0.730. The fourth-order valence-corrected chi connectivity index (χ4v) is 5.08. The Hall–Kier alpha value is -1.82. The molecule has 2 aromatic heterocycles. The first-order chi connectivity index (χ1) is 11.7. The van der Waals surface area contributed by atoms with Gasteiger partial charge in [0.1, 0.15) is 4.88 Å². The van der Waals surface area contributed by atoms with Crippen molar-refractivity contribution in [3.63, 3.8) is 0 Å². The van der Waals surface area contributed by atoms with Gasteiger partial charge >= 0.3 is 0 Å². The molecule has 6 heteroatoms. The number of carbonyl (C=O) groups is 1. The highest BCUT2D eigenvalue weighted by molar-refractivity contribution is 7.17. The van der Waals surface area contributed by atoms with Gasteiger partial charge in [-0.3, -0.25) is 4.79 Å². The number of hydrogen-bond acceptors (Lipinski definition) is 5. The Labute approximate surface area is 146 Å². The van der Waals surface area contributed by atoms with E-state index in [0.29, 0.717) is 17.8 Å². The lowest BCUT2D eigenvalue weighted by Crippen LogP contribution is -2.39. The van der Waals surface area contributed by atoms with Crippen molar-refractivity contribution in [3.8, 4) is 10.8 Å². The second kappa shape index (κ2) is 6.59. The van der Waals surface area contributed by atoms with Crippen LogP contribution in [-0.2, 0) is 0 Å². The Morgan fingerprint density at radius 2 is 1.92 bits per heavy atom. The van der Waals surface area contributed by atoms with Crippen molar-refractivity contribution in [2.45, 2.75) is 51.5 Å². The second-order valence-corrected chi connectivity index (χ2v) is 7.76. The average Bonchev–Trinajstić information content (AvgIpc) is 3.35. The molecule has 2 aliphatic rings. The fourth-order valence-electron chi connectivity index (χ4n) is 4.11. The molecule has 1 amide bonds. The Kier molecular flexibility index (Phi) is 4.31. The molecule has 1 saturated heterocycles. The maximum Gasteiger partial charge on any atom is 0.266 e. The van der Waals surface area contributed by atoms with Crippen LogP contribution in [0.5, 0.6) is 0 Å². The van der Waals surface area contributed by atoms with Crippen LogP contribution in [0.15, 0.2) is 18.5 Å². The molecule has 0 aromatic carbocycles. The molecule has 5 nitrogen and oxygen atoms in total. The van der Waals surface area contributed by atoms with Gasteiger partial charge in [-0.2, -0.15) is 0 Å². The number of carbonyl (C=O) groups excluding carboxylic acids is 1. The number of aryl methyl sites for hydroxylation is 1. The quantitative estimate of drug-likeness (QED) is 0.853. The zero-order valence-electron chi connectivity index (χ0n) is 13.9. The molecule has 0 spiro atoms. The largest absolute Gasteiger partial charge is 0.335 e. The molecule has 1 aliphatic heterocycles. The average molecular weight is 342 g/mol. The summed E-state index contributed by atoms with van der Waals surface area (Å²) in [4.78, 5) is 29.0. The molecule has 1 unspecified atom stereocenters. The maximum atomic E-state index is 13.1. The topological polar surface area (TPSA) is 59.0 Å². The Morgan fingerprint density at radius 3 is 2.67 bits per heavy atom. The summed E-state index contributed by atoms with van der Waals surface area (Å²) >= 11 is 1.42. The van der Waals surface area contributed by atoms with Gasteiger partial charge in [0, 0.05) is 25.0 Å². The first kappa shape index (κ1) is 15.7. The highest BCUT2D eigenvalue weighted by Crippen LogP contribution is 2.37. The minimum absolute atomic E-state index is 0.154. The lowest BCUT2D eigenvalue weighted by atomic mass is 9.96. The van der Waals surface area contributed by atoms with Gasteiger partial charge in [-0.15, -0.1) is 11.3 Å². The van der Waals surface area contributed by atoms with Crippen molar-refractivity contribution in [3.05, 3.63) is 29.0 Å². The summed E-state index contributed by atoms with van der Waals surface area (Å²) in [7, 11) is 0. The van der Waals surface area contributed by atoms with E-state index in [9.17, 15) is 4.79 Å². The zero-order chi connectivity index (χ0) is 16.5. The molecule has 4 rings (SSSR count). The van der Waals surface area contributed by atoms with E-state index in [1.54, 1.807) is 18.5 Å². The van der Waals surface area contributed by atoms with Crippen LogP contribution in [0.4, 0.5) is 0 Å². The number of hydrogen-bond donors (Lipinski definition) is 0. The molecule has 0 N–H and O–H groups in total. The Bertz CT molecular complexity index is 724. The van der Waals surface area contributed by atoms with Crippen LogP contribution in [0.25, 0.3) is 10.8 Å². The Balaban J connectivity index is 1.59. The number of amides is 1. The first-order valence-electron chi connectivity index (χ1n) is 8.80. The first-order valence-corrected chi connectivity index (χ1v) is 9.61. The van der Waals surface area contributed by atoms with E-state index < -0.39 is 0 Å². The van der Waals surface area contributed by atoms with Crippen LogP contribution < -0.4 is 0 Å². The molecule has 1 aliphatic carbocycles. The number of likely N-dealkylation sites (tertiary alicyclic amines) is 1. The van der Waals surface area contributed by atoms with Crippen molar-refractivity contribution >= 4 is 17.2 Å². The number of aromatic nitrogens is 3. The zero-order valence-corrected chi connectivity index (χ0v) is 14.8. The van der Waals surface area contributed by atoms with Crippen LogP contribution in [-0.4, -0.2) is 38.3 Å². The summed E-state index contributed by atoms with van der Waals surface area (Å²) < 4.78 is 0. The lowest BCUT2D eigenvalue weighted by molar-refractivity contribution is 0.0693. The van der Waals surface area contributed by atoms with E-state index in [1.807, 2.05) is 6.92 Å². The third-order valence-corrected chi connectivity index (χ3v) is 6.39. The summed E-state index contributed by atoms with van der Waals surface area (Å²) in [6, 6.07) is 2.21. The van der Waals surface area contributed by atoms with E-state index >= 15 is 0 Å². The van der Waals surface area contributed by atoms with Gasteiger partial charge in [0.15, 0.2) is 10.8 Å². The van der Waals surface area contributed by atoms with Crippen LogP contribution in [0.2, 0.25) is 0 Å². The van der Waals surface area contributed by atoms with Crippen LogP contribution in [0, 0.1) is 12.8 Å². The van der Waals surface area contributed by atoms with Gasteiger partial charge in [-0.25, -0.2) is 15.0 Å². The predicted octanol–water partition coefficient (Wildman–Crippen LogP) is 3.70. The SMILES string of the molecule is Cc1nc(-c2ncccn2)sc1C(=O)N1CCCC1C1CCCC1. The monoisotopic (exact) mass is 342 g/mol. The minimum Gasteiger partial charge on any atom is -0.335 e. The normalized spacial score (nSPS) is 21.5. The molecule has 2 aromatic rings. The van der Waals surface area contributed by atoms with Gasteiger partial charge in [0.25, 0.3) is 5.91 Å². The van der Waals surface area contributed by atoms with E-state index in [2.05, 4.69) is 19.9 Å². The maximum absolute atomic E-state index is 13.1. The molecular formula is C18H22N4OS.